The zero-order valence-electron chi connectivity index (χ0n) is 18.3. The number of fused-ring (bicyclic) bond motifs is 1. The van der Waals surface area contributed by atoms with E-state index in [4.69, 9.17) is 4.74 Å². The number of aromatic nitrogens is 6. The van der Waals surface area contributed by atoms with Gasteiger partial charge in [-0.3, -0.25) is 14.3 Å². The van der Waals surface area contributed by atoms with Gasteiger partial charge in [-0.2, -0.15) is 23.4 Å². The highest BCUT2D eigenvalue weighted by atomic mass is 19.4. The number of amides is 1. The first-order valence-corrected chi connectivity index (χ1v) is 10.6. The first-order valence-electron chi connectivity index (χ1n) is 10.6. The van der Waals surface area contributed by atoms with Crippen molar-refractivity contribution in [3.63, 3.8) is 0 Å². The van der Waals surface area contributed by atoms with E-state index in [-0.39, 0.29) is 36.5 Å². The number of piperazine rings is 1. The third-order valence-electron chi connectivity index (χ3n) is 5.58. The highest BCUT2D eigenvalue weighted by molar-refractivity contribution is 5.77. The van der Waals surface area contributed by atoms with Crippen molar-refractivity contribution in [3.8, 4) is 0 Å². The van der Waals surface area contributed by atoms with E-state index in [1.54, 1.807) is 14.5 Å². The Morgan fingerprint density at radius 2 is 1.94 bits per heavy atom. The number of alkyl halides is 3. The lowest BCUT2D eigenvalue weighted by molar-refractivity contribution is -0.138. The second kappa shape index (κ2) is 9.75. The molecule has 0 aromatic carbocycles. The van der Waals surface area contributed by atoms with Gasteiger partial charge in [0.25, 0.3) is 5.56 Å². The van der Waals surface area contributed by atoms with Gasteiger partial charge in [0.2, 0.25) is 11.9 Å². The molecule has 1 N–H and O–H groups in total. The van der Waals surface area contributed by atoms with Crippen LogP contribution in [0, 0.1) is 0 Å². The number of carbonyl (C=O) groups excluding carboxylic acids is 1. The second-order valence-corrected chi connectivity index (χ2v) is 7.88. The van der Waals surface area contributed by atoms with Crippen LogP contribution in [0.25, 0.3) is 10.9 Å². The zero-order valence-corrected chi connectivity index (χ0v) is 18.3. The maximum absolute atomic E-state index is 12.7. The summed E-state index contributed by atoms with van der Waals surface area (Å²) in [6.07, 6.45) is 0.231. The van der Waals surface area contributed by atoms with Crippen LogP contribution < -0.4 is 10.5 Å². The Bertz CT molecular complexity index is 1190. The third kappa shape index (κ3) is 5.16. The van der Waals surface area contributed by atoms with Crippen molar-refractivity contribution >= 4 is 22.8 Å². The molecule has 1 unspecified atom stereocenters. The average molecular weight is 480 g/mol. The summed E-state index contributed by atoms with van der Waals surface area (Å²) in [5, 5.41) is 10.7. The van der Waals surface area contributed by atoms with Gasteiger partial charge in [0.1, 0.15) is 0 Å². The highest BCUT2D eigenvalue weighted by Crippen LogP contribution is 2.28. The van der Waals surface area contributed by atoms with Crippen LogP contribution in [0.4, 0.5) is 19.1 Å². The molecule has 0 spiro atoms. The summed E-state index contributed by atoms with van der Waals surface area (Å²) >= 11 is 0. The molecule has 1 atom stereocenters. The molecule has 1 fully saturated rings. The molecule has 4 heterocycles. The van der Waals surface area contributed by atoms with Crippen molar-refractivity contribution in [2.75, 3.05) is 37.7 Å². The Morgan fingerprint density at radius 1 is 1.18 bits per heavy atom. The van der Waals surface area contributed by atoms with Gasteiger partial charge >= 0.3 is 6.18 Å². The average Bonchev–Trinajstić information content (AvgIpc) is 3.22. The Hall–Kier alpha value is -3.55. The van der Waals surface area contributed by atoms with Crippen molar-refractivity contribution in [3.05, 3.63) is 40.7 Å². The lowest BCUT2D eigenvalue weighted by Crippen LogP contribution is -2.54. The number of anilines is 1. The number of H-pyrrole nitrogens is 1. The topological polar surface area (TPSA) is 122 Å². The van der Waals surface area contributed by atoms with Crippen molar-refractivity contribution in [2.45, 2.75) is 32.1 Å². The normalized spacial score (nSPS) is 16.9. The number of carbonyl (C=O) groups is 1. The summed E-state index contributed by atoms with van der Waals surface area (Å²) in [5.74, 6) is 0.138. The fourth-order valence-corrected chi connectivity index (χ4v) is 3.79. The Labute approximate surface area is 191 Å². The molecule has 4 rings (SSSR count). The maximum atomic E-state index is 12.7. The predicted molar refractivity (Wildman–Crippen MR) is 114 cm³/mol. The molecule has 0 bridgehead atoms. The van der Waals surface area contributed by atoms with Crippen LogP contribution in [0.2, 0.25) is 0 Å². The number of nitrogens with zero attached hydrogens (tertiary/aromatic N) is 7. The lowest BCUT2D eigenvalue weighted by Gasteiger charge is -2.40. The second-order valence-electron chi connectivity index (χ2n) is 7.88. The van der Waals surface area contributed by atoms with Gasteiger partial charge in [-0.25, -0.2) is 15.1 Å². The first-order chi connectivity index (χ1) is 16.2. The summed E-state index contributed by atoms with van der Waals surface area (Å²) in [6.45, 7) is 4.06. The van der Waals surface area contributed by atoms with Gasteiger partial charge in [-0.05, 0) is 6.92 Å². The molecule has 0 saturated carbocycles. The number of rotatable bonds is 7. The van der Waals surface area contributed by atoms with Crippen LogP contribution in [0.15, 0.2) is 29.6 Å². The smallest absolute Gasteiger partial charge is 0.379 e. The zero-order chi connectivity index (χ0) is 24.3. The first kappa shape index (κ1) is 23.6. The molecule has 34 heavy (non-hydrogen) atoms. The minimum atomic E-state index is -4.48. The van der Waals surface area contributed by atoms with Crippen LogP contribution in [0.1, 0.15) is 18.9 Å². The van der Waals surface area contributed by atoms with Crippen molar-refractivity contribution in [2.24, 2.45) is 0 Å². The molecular formula is C20H23F3N8O3. The summed E-state index contributed by atoms with van der Waals surface area (Å²) in [5.41, 5.74) is -0.606. The maximum Gasteiger partial charge on any atom is 0.419 e. The number of halogens is 3. The Balaban J connectivity index is 1.21. The molecule has 182 valence electrons. The SMILES string of the molecule is CC1CN(c2ncc(C(F)(F)F)cn2)CCN1C(=O)CCOCCn1ncc2c(=O)[nH]ncc21. The molecular weight excluding hydrogens is 457 g/mol. The van der Waals surface area contributed by atoms with Crippen LogP contribution in [-0.4, -0.2) is 79.6 Å². The predicted octanol–water partition coefficient (Wildman–Crippen LogP) is 1.07. The summed E-state index contributed by atoms with van der Waals surface area (Å²) in [7, 11) is 0. The van der Waals surface area contributed by atoms with Gasteiger partial charge < -0.3 is 14.5 Å². The van der Waals surface area contributed by atoms with E-state index >= 15 is 0 Å². The summed E-state index contributed by atoms with van der Waals surface area (Å²) in [4.78, 5) is 35.4. The van der Waals surface area contributed by atoms with E-state index in [1.807, 2.05) is 6.92 Å². The Kier molecular flexibility index (Phi) is 6.77. The monoisotopic (exact) mass is 480 g/mol. The van der Waals surface area contributed by atoms with Gasteiger partial charge in [0.05, 0.1) is 55.0 Å². The summed E-state index contributed by atoms with van der Waals surface area (Å²) < 4.78 is 45.3. The number of hydrogen-bond acceptors (Lipinski definition) is 8. The molecule has 14 heteroatoms. The van der Waals surface area contributed by atoms with Crippen molar-refractivity contribution < 1.29 is 22.7 Å². The molecule has 1 aliphatic rings. The van der Waals surface area contributed by atoms with Crippen LogP contribution in [0.3, 0.4) is 0 Å². The minimum Gasteiger partial charge on any atom is -0.379 e. The fraction of sp³-hybridized carbons (Fsp3) is 0.500. The molecule has 11 nitrogen and oxygen atoms in total. The number of ether oxygens (including phenoxy) is 1. The van der Waals surface area contributed by atoms with Gasteiger partial charge in [0.15, 0.2) is 0 Å². The third-order valence-corrected chi connectivity index (χ3v) is 5.58. The number of hydrogen-bond donors (Lipinski definition) is 1. The van der Waals surface area contributed by atoms with Crippen LogP contribution in [0.5, 0.6) is 0 Å². The number of nitrogens with one attached hydrogen (secondary N) is 1. The van der Waals surface area contributed by atoms with E-state index < -0.39 is 11.7 Å². The highest BCUT2D eigenvalue weighted by Gasteiger charge is 2.32. The molecule has 1 saturated heterocycles. The number of aromatic amines is 1. The molecule has 1 amide bonds. The molecule has 0 aliphatic carbocycles. The van der Waals surface area contributed by atoms with Crippen molar-refractivity contribution in [1.29, 1.82) is 0 Å². The van der Waals surface area contributed by atoms with Crippen molar-refractivity contribution in [1.82, 2.24) is 34.8 Å². The summed E-state index contributed by atoms with van der Waals surface area (Å²) in [6, 6.07) is -0.159. The largest absolute Gasteiger partial charge is 0.419 e. The van der Waals surface area contributed by atoms with Gasteiger partial charge in [-0.15, -0.1) is 0 Å². The molecule has 3 aromatic rings. The van der Waals surface area contributed by atoms with Crippen LogP contribution in [-0.2, 0) is 22.3 Å². The lowest BCUT2D eigenvalue weighted by atomic mass is 10.2. The standard InChI is InChI=1S/C20H23F3N8O3/c1-13-12-29(19-24-8-14(9-25-19)20(21,22)23)3-4-30(13)17(32)2-6-34-7-5-31-16-11-26-28-18(33)15(16)10-27-31/h8-11,13H,2-7,12H2,1H3,(H,28,33). The van der Waals surface area contributed by atoms with E-state index in [1.165, 1.54) is 12.4 Å². The molecule has 3 aromatic heterocycles. The molecule has 0 radical (unpaired) electrons. The quantitative estimate of drug-likeness (QED) is 0.499. The van der Waals surface area contributed by atoms with Gasteiger partial charge in [-0.1, -0.05) is 0 Å². The fourth-order valence-electron chi connectivity index (χ4n) is 3.79. The van der Waals surface area contributed by atoms with Crippen LogP contribution >= 0.6 is 0 Å². The van der Waals surface area contributed by atoms with E-state index in [0.29, 0.717) is 43.7 Å². The Morgan fingerprint density at radius 3 is 2.65 bits per heavy atom. The van der Waals surface area contributed by atoms with E-state index in [9.17, 15) is 22.8 Å². The molecule has 1 aliphatic heterocycles. The minimum absolute atomic E-state index is 0.0687. The van der Waals surface area contributed by atoms with Gasteiger partial charge in [0, 0.05) is 38.1 Å². The van der Waals surface area contributed by atoms with E-state index in [0.717, 1.165) is 12.4 Å². The van der Waals surface area contributed by atoms with E-state index in [2.05, 4.69) is 25.3 Å².